The molecule has 0 aliphatic carbocycles. The van der Waals surface area contributed by atoms with Crippen LogP contribution in [-0.4, -0.2) is 70.0 Å². The Morgan fingerprint density at radius 1 is 0.457 bits per heavy atom. The van der Waals surface area contributed by atoms with Crippen LogP contribution in [0.1, 0.15) is 271 Å². The molecule has 0 aliphatic heterocycles. The summed E-state index contributed by atoms with van der Waals surface area (Å²) in [7, 11) is 1.18. The van der Waals surface area contributed by atoms with Crippen molar-refractivity contribution in [2.45, 2.75) is 277 Å². The van der Waals surface area contributed by atoms with Gasteiger partial charge in [0.2, 0.25) is 0 Å². The Hall–Kier alpha value is -2.03. The number of nitrogens with zero attached hydrogens (tertiary/aromatic N) is 1. The number of quaternary nitrogens is 1. The molecular weight excluding hydrogens is 894 g/mol. The van der Waals surface area contributed by atoms with Crippen LogP contribution >= 0.6 is 7.82 Å². The number of phosphoric acid groups is 1. The van der Waals surface area contributed by atoms with E-state index in [1.54, 1.807) is 0 Å². The number of carbonyl (C=O) groups excluding carboxylic acids is 2. The van der Waals surface area contributed by atoms with Gasteiger partial charge in [-0.15, -0.1) is 0 Å². The van der Waals surface area contributed by atoms with Crippen molar-refractivity contribution in [3.8, 4) is 0 Å². The fourth-order valence-corrected chi connectivity index (χ4v) is 9.08. The van der Waals surface area contributed by atoms with E-state index < -0.39 is 32.5 Å². The van der Waals surface area contributed by atoms with Crippen molar-refractivity contribution in [2.24, 2.45) is 0 Å². The topological polar surface area (TPSA) is 111 Å². The molecule has 2 unspecified atom stereocenters. The number of esters is 2. The van der Waals surface area contributed by atoms with E-state index in [4.69, 9.17) is 18.5 Å². The molecule has 0 spiro atoms. The number of unbranched alkanes of at least 4 members (excludes halogenated alkanes) is 32. The van der Waals surface area contributed by atoms with Gasteiger partial charge in [0.1, 0.15) is 19.8 Å². The van der Waals surface area contributed by atoms with Crippen LogP contribution in [0.25, 0.3) is 0 Å². The van der Waals surface area contributed by atoms with Crippen LogP contribution in [0.4, 0.5) is 0 Å². The first-order valence-electron chi connectivity index (χ1n) is 29.3. The van der Waals surface area contributed by atoms with Crippen LogP contribution in [0.2, 0.25) is 0 Å². The van der Waals surface area contributed by atoms with Gasteiger partial charge in [0.05, 0.1) is 27.7 Å². The average molecular weight is 1010 g/mol. The molecule has 0 aromatic carbocycles. The summed E-state index contributed by atoms with van der Waals surface area (Å²) in [5, 5.41) is 0. The van der Waals surface area contributed by atoms with Crippen LogP contribution in [-0.2, 0) is 32.7 Å². The van der Waals surface area contributed by atoms with E-state index >= 15 is 0 Å². The number of ether oxygens (including phenoxy) is 2. The van der Waals surface area contributed by atoms with Gasteiger partial charge in [-0.25, -0.2) is 0 Å². The first-order valence-corrected chi connectivity index (χ1v) is 30.8. The van der Waals surface area contributed by atoms with Crippen molar-refractivity contribution in [1.29, 1.82) is 0 Å². The van der Waals surface area contributed by atoms with E-state index in [9.17, 15) is 19.0 Å². The molecule has 0 rings (SSSR count). The summed E-state index contributed by atoms with van der Waals surface area (Å²) in [6.45, 7) is 4.04. The molecule has 0 aromatic rings. The van der Waals surface area contributed by atoms with E-state index in [0.717, 1.165) is 70.6 Å². The van der Waals surface area contributed by atoms with E-state index in [-0.39, 0.29) is 26.1 Å². The molecule has 0 saturated heterocycles. The van der Waals surface area contributed by atoms with Crippen molar-refractivity contribution in [3.63, 3.8) is 0 Å². The molecule has 0 N–H and O–H groups in total. The zero-order chi connectivity index (χ0) is 51.3. The van der Waals surface area contributed by atoms with Gasteiger partial charge in [-0.2, -0.15) is 0 Å². The van der Waals surface area contributed by atoms with Gasteiger partial charge < -0.3 is 27.9 Å². The Morgan fingerprint density at radius 2 is 0.814 bits per heavy atom. The van der Waals surface area contributed by atoms with Crippen LogP contribution in [0.5, 0.6) is 0 Å². The van der Waals surface area contributed by atoms with Crippen molar-refractivity contribution in [3.05, 3.63) is 48.6 Å². The molecule has 9 nitrogen and oxygen atoms in total. The molecule has 0 amide bonds. The SMILES string of the molecule is CC/C=C\C/C=C\C/C=C\C/C=C\CCCCCCCCCCCCCCCCCCCCCCCCCCCCCCC(=O)OC(COC(=O)CCCCCCC)COP(=O)([O-])OCC[N+](C)(C)C. The minimum Gasteiger partial charge on any atom is -0.756 e. The summed E-state index contributed by atoms with van der Waals surface area (Å²) in [4.78, 5) is 37.3. The minimum absolute atomic E-state index is 0.0283. The molecule has 0 heterocycles. The first-order chi connectivity index (χ1) is 34.0. The van der Waals surface area contributed by atoms with Gasteiger partial charge >= 0.3 is 11.9 Å². The number of allylic oxidation sites excluding steroid dienone is 8. The lowest BCUT2D eigenvalue weighted by atomic mass is 10.0. The van der Waals surface area contributed by atoms with Crippen molar-refractivity contribution in [2.75, 3.05) is 47.5 Å². The molecule has 0 aromatic heterocycles. The summed E-state index contributed by atoms with van der Waals surface area (Å²) in [6, 6.07) is 0. The van der Waals surface area contributed by atoms with E-state index in [2.05, 4.69) is 62.5 Å². The number of phosphoric ester groups is 1. The number of likely N-dealkylation sites (N-methyl/N-ethyl adjacent to an activating group) is 1. The van der Waals surface area contributed by atoms with Crippen LogP contribution < -0.4 is 4.89 Å². The molecule has 0 radical (unpaired) electrons. The van der Waals surface area contributed by atoms with Crippen molar-refractivity contribution >= 4 is 19.8 Å². The van der Waals surface area contributed by atoms with Crippen LogP contribution in [0, 0.1) is 0 Å². The highest BCUT2D eigenvalue weighted by atomic mass is 31.2. The standard InChI is InChI=1S/C60H112NO8P/c1-6-8-10-12-13-14-15-16-17-18-19-20-21-22-23-24-25-26-27-28-29-30-31-32-33-34-35-36-37-38-39-40-41-42-43-44-45-46-47-49-51-53-60(63)69-58(56-66-59(62)52-50-48-11-9-7-2)57-68-70(64,65)67-55-54-61(3,4)5/h8,10,13-14,16-17,19-20,58H,6-7,9,11-12,15,18,21-57H2,1-5H3/b10-8-,14-13-,17-16-,20-19-. The summed E-state index contributed by atoms with van der Waals surface area (Å²) in [5.74, 6) is -0.837. The lowest BCUT2D eigenvalue weighted by molar-refractivity contribution is -0.870. The highest BCUT2D eigenvalue weighted by molar-refractivity contribution is 7.45. The third-order valence-electron chi connectivity index (χ3n) is 12.9. The lowest BCUT2D eigenvalue weighted by Crippen LogP contribution is -2.37. The summed E-state index contributed by atoms with van der Waals surface area (Å²) in [5.41, 5.74) is 0. The Labute approximate surface area is 433 Å². The molecule has 10 heteroatoms. The summed E-state index contributed by atoms with van der Waals surface area (Å²) in [6.07, 6.45) is 65.5. The predicted octanol–water partition coefficient (Wildman–Crippen LogP) is 17.5. The number of hydrogen-bond acceptors (Lipinski definition) is 8. The Bertz CT molecular complexity index is 1320. The minimum atomic E-state index is -4.61. The van der Waals surface area contributed by atoms with Gasteiger partial charge in [0.15, 0.2) is 6.10 Å². The quantitative estimate of drug-likeness (QED) is 0.0195. The predicted molar refractivity (Wildman–Crippen MR) is 296 cm³/mol. The molecule has 0 bridgehead atoms. The van der Waals surface area contributed by atoms with Crippen molar-refractivity contribution in [1.82, 2.24) is 0 Å². The lowest BCUT2D eigenvalue weighted by Gasteiger charge is -2.28. The van der Waals surface area contributed by atoms with E-state index in [0.29, 0.717) is 17.4 Å². The van der Waals surface area contributed by atoms with Gasteiger partial charge in [0, 0.05) is 12.8 Å². The van der Waals surface area contributed by atoms with Gasteiger partial charge in [-0.05, 0) is 51.4 Å². The highest BCUT2D eigenvalue weighted by Crippen LogP contribution is 2.38. The first kappa shape index (κ1) is 68.0. The monoisotopic (exact) mass is 1010 g/mol. The smallest absolute Gasteiger partial charge is 0.306 e. The number of rotatable bonds is 54. The van der Waals surface area contributed by atoms with E-state index in [1.165, 1.54) is 167 Å². The van der Waals surface area contributed by atoms with Crippen LogP contribution in [0.15, 0.2) is 48.6 Å². The fourth-order valence-electron chi connectivity index (χ4n) is 8.36. The highest BCUT2D eigenvalue weighted by Gasteiger charge is 2.22. The zero-order valence-corrected chi connectivity index (χ0v) is 47.4. The molecule has 410 valence electrons. The Kier molecular flexibility index (Phi) is 50.4. The van der Waals surface area contributed by atoms with Crippen LogP contribution in [0.3, 0.4) is 0 Å². The maximum Gasteiger partial charge on any atom is 0.306 e. The van der Waals surface area contributed by atoms with Gasteiger partial charge in [-0.1, -0.05) is 255 Å². The Balaban J connectivity index is 3.68. The molecule has 70 heavy (non-hydrogen) atoms. The van der Waals surface area contributed by atoms with Gasteiger partial charge in [0.25, 0.3) is 7.82 Å². The summed E-state index contributed by atoms with van der Waals surface area (Å²) >= 11 is 0. The number of carbonyl (C=O) groups is 2. The molecule has 0 aliphatic rings. The molecule has 0 saturated carbocycles. The largest absolute Gasteiger partial charge is 0.756 e. The summed E-state index contributed by atoms with van der Waals surface area (Å²) < 4.78 is 33.8. The number of hydrogen-bond donors (Lipinski definition) is 0. The molecule has 0 fully saturated rings. The molecular formula is C60H112NO8P. The normalized spacial score (nSPS) is 13.6. The maximum atomic E-state index is 12.7. The van der Waals surface area contributed by atoms with Crippen molar-refractivity contribution < 1.29 is 42.1 Å². The second-order valence-corrected chi connectivity index (χ2v) is 22.4. The average Bonchev–Trinajstić information content (AvgIpc) is 3.32. The Morgan fingerprint density at radius 3 is 1.21 bits per heavy atom. The maximum absolute atomic E-state index is 12.7. The fraction of sp³-hybridized carbons (Fsp3) is 0.833. The second-order valence-electron chi connectivity index (χ2n) is 21.0. The second kappa shape index (κ2) is 51.9. The molecule has 2 atom stereocenters. The van der Waals surface area contributed by atoms with E-state index in [1.807, 2.05) is 21.1 Å². The van der Waals surface area contributed by atoms with Gasteiger partial charge in [-0.3, -0.25) is 14.2 Å². The zero-order valence-electron chi connectivity index (χ0n) is 46.5. The third kappa shape index (κ3) is 55.3. The third-order valence-corrected chi connectivity index (χ3v) is 13.8.